The van der Waals surface area contributed by atoms with Crippen LogP contribution in [0.15, 0.2) is 40.4 Å². The van der Waals surface area contributed by atoms with Crippen LogP contribution >= 0.6 is 11.3 Å². The summed E-state index contributed by atoms with van der Waals surface area (Å²) in [5, 5.41) is 13.1. The summed E-state index contributed by atoms with van der Waals surface area (Å²) in [6.07, 6.45) is 3.46. The van der Waals surface area contributed by atoms with E-state index in [-0.39, 0.29) is 11.9 Å². The lowest BCUT2D eigenvalue weighted by Gasteiger charge is -2.23. The maximum absolute atomic E-state index is 12.3. The average Bonchev–Trinajstić information content (AvgIpc) is 3.26. The molecule has 0 spiro atoms. The molecular weight excluding hydrogens is 300 g/mol. The molecule has 7 heteroatoms. The molecule has 0 aromatic carbocycles. The molecule has 4 heterocycles. The molecule has 112 valence electrons. The third-order valence-corrected chi connectivity index (χ3v) is 4.68. The number of hydrogen-bond acceptors (Lipinski definition) is 5. The first-order valence-electron chi connectivity index (χ1n) is 7.12. The number of fused-ring (bicyclic) bond motifs is 1. The second-order valence-electron chi connectivity index (χ2n) is 5.26. The van der Waals surface area contributed by atoms with Gasteiger partial charge >= 0.3 is 0 Å². The zero-order valence-corrected chi connectivity index (χ0v) is 12.5. The molecule has 0 aliphatic carbocycles. The van der Waals surface area contributed by atoms with Gasteiger partial charge in [0.2, 0.25) is 0 Å². The summed E-state index contributed by atoms with van der Waals surface area (Å²) in [6.45, 7) is 0.826. The van der Waals surface area contributed by atoms with Crippen LogP contribution in [0.25, 0.3) is 10.6 Å². The van der Waals surface area contributed by atoms with Crippen molar-refractivity contribution in [2.24, 2.45) is 0 Å². The van der Waals surface area contributed by atoms with Gasteiger partial charge < -0.3 is 9.84 Å². The predicted molar refractivity (Wildman–Crippen MR) is 81.6 cm³/mol. The van der Waals surface area contributed by atoms with E-state index in [9.17, 15) is 4.79 Å². The van der Waals surface area contributed by atoms with Crippen molar-refractivity contribution in [2.45, 2.75) is 25.4 Å². The maximum atomic E-state index is 12.3. The van der Waals surface area contributed by atoms with E-state index < -0.39 is 0 Å². The van der Waals surface area contributed by atoms with Gasteiger partial charge in [-0.25, -0.2) is 0 Å². The standard InChI is InChI=1S/C15H14N4O2S/c20-15(12-9-13(21-18-12)14-2-1-7-22-14)17-10-4-6-19-11(8-10)3-5-16-19/h1-3,5,7,9-10H,4,6,8H2,(H,17,20). The Balaban J connectivity index is 1.45. The second kappa shape index (κ2) is 5.42. The fraction of sp³-hybridized carbons (Fsp3) is 0.267. The summed E-state index contributed by atoms with van der Waals surface area (Å²) in [5.74, 6) is 0.436. The SMILES string of the molecule is O=C(NC1CCn2nccc2C1)c1cc(-c2cccs2)on1. The van der Waals surface area contributed by atoms with Crippen molar-refractivity contribution in [1.29, 1.82) is 0 Å². The van der Waals surface area contributed by atoms with E-state index in [0.717, 1.165) is 30.0 Å². The highest BCUT2D eigenvalue weighted by Crippen LogP contribution is 2.25. The lowest BCUT2D eigenvalue weighted by Crippen LogP contribution is -2.40. The molecule has 1 N–H and O–H groups in total. The van der Waals surface area contributed by atoms with E-state index in [4.69, 9.17) is 4.52 Å². The topological polar surface area (TPSA) is 73.0 Å². The number of rotatable bonds is 3. The number of hydrogen-bond donors (Lipinski definition) is 1. The Labute approximate surface area is 130 Å². The Kier molecular flexibility index (Phi) is 3.27. The zero-order valence-electron chi connectivity index (χ0n) is 11.7. The van der Waals surface area contributed by atoms with Gasteiger partial charge in [0.05, 0.1) is 4.88 Å². The summed E-state index contributed by atoms with van der Waals surface area (Å²) in [6, 6.07) is 7.67. The van der Waals surface area contributed by atoms with Crippen LogP contribution in [0.3, 0.4) is 0 Å². The minimum absolute atomic E-state index is 0.110. The lowest BCUT2D eigenvalue weighted by atomic mass is 10.0. The molecule has 6 nitrogen and oxygen atoms in total. The molecule has 1 atom stereocenters. The van der Waals surface area contributed by atoms with E-state index >= 15 is 0 Å². The van der Waals surface area contributed by atoms with Crippen LogP contribution in [0.2, 0.25) is 0 Å². The Morgan fingerprint density at radius 3 is 3.27 bits per heavy atom. The van der Waals surface area contributed by atoms with Crippen LogP contribution in [0, 0.1) is 0 Å². The van der Waals surface area contributed by atoms with Gasteiger partial charge in [-0.2, -0.15) is 5.10 Å². The van der Waals surface area contributed by atoms with Crippen molar-refractivity contribution in [3.63, 3.8) is 0 Å². The smallest absolute Gasteiger partial charge is 0.273 e. The third-order valence-electron chi connectivity index (χ3n) is 3.79. The first-order valence-corrected chi connectivity index (χ1v) is 8.00. The molecule has 1 aliphatic heterocycles. The van der Waals surface area contributed by atoms with Crippen LogP contribution < -0.4 is 5.32 Å². The van der Waals surface area contributed by atoms with E-state index in [1.807, 2.05) is 28.3 Å². The van der Waals surface area contributed by atoms with Crippen LogP contribution in [-0.4, -0.2) is 26.9 Å². The highest BCUT2D eigenvalue weighted by molar-refractivity contribution is 7.13. The molecule has 1 unspecified atom stereocenters. The van der Waals surface area contributed by atoms with Crippen molar-refractivity contribution in [1.82, 2.24) is 20.3 Å². The summed E-state index contributed by atoms with van der Waals surface area (Å²) < 4.78 is 7.23. The van der Waals surface area contributed by atoms with Gasteiger partial charge in [-0.1, -0.05) is 11.2 Å². The number of amides is 1. The molecule has 0 fully saturated rings. The first-order chi connectivity index (χ1) is 10.8. The van der Waals surface area contributed by atoms with Gasteiger partial charge in [0, 0.05) is 37.0 Å². The molecule has 0 saturated carbocycles. The van der Waals surface area contributed by atoms with Crippen LogP contribution in [0.1, 0.15) is 22.6 Å². The summed E-state index contributed by atoms with van der Waals surface area (Å²) >= 11 is 1.55. The average molecular weight is 314 g/mol. The minimum atomic E-state index is -0.190. The molecular formula is C15H14N4O2S. The lowest BCUT2D eigenvalue weighted by molar-refractivity contribution is 0.0921. The Hall–Kier alpha value is -2.41. The number of carbonyl (C=O) groups is 1. The highest BCUT2D eigenvalue weighted by Gasteiger charge is 2.22. The maximum Gasteiger partial charge on any atom is 0.273 e. The summed E-state index contributed by atoms with van der Waals surface area (Å²) in [7, 11) is 0. The van der Waals surface area contributed by atoms with Crippen molar-refractivity contribution < 1.29 is 9.32 Å². The van der Waals surface area contributed by atoms with E-state index in [2.05, 4.69) is 15.6 Å². The molecule has 3 aromatic rings. The first kappa shape index (κ1) is 13.3. The number of aromatic nitrogens is 3. The third kappa shape index (κ3) is 2.43. The van der Waals surface area contributed by atoms with Gasteiger partial charge in [-0.05, 0) is 23.9 Å². The molecule has 0 saturated heterocycles. The Morgan fingerprint density at radius 2 is 2.41 bits per heavy atom. The quantitative estimate of drug-likeness (QED) is 0.805. The zero-order chi connectivity index (χ0) is 14.9. The molecule has 0 bridgehead atoms. The minimum Gasteiger partial charge on any atom is -0.355 e. The largest absolute Gasteiger partial charge is 0.355 e. The van der Waals surface area contributed by atoms with E-state index in [0.29, 0.717) is 11.5 Å². The van der Waals surface area contributed by atoms with Crippen molar-refractivity contribution in [3.8, 4) is 10.6 Å². The van der Waals surface area contributed by atoms with Crippen LogP contribution in [0.4, 0.5) is 0 Å². The molecule has 1 amide bonds. The van der Waals surface area contributed by atoms with Gasteiger partial charge in [0.25, 0.3) is 5.91 Å². The molecule has 3 aromatic heterocycles. The summed E-state index contributed by atoms with van der Waals surface area (Å²) in [4.78, 5) is 13.3. The predicted octanol–water partition coefficient (Wildman–Crippen LogP) is 2.34. The van der Waals surface area contributed by atoms with Gasteiger partial charge in [0.1, 0.15) is 0 Å². The second-order valence-corrected chi connectivity index (χ2v) is 6.21. The molecule has 4 rings (SSSR count). The van der Waals surface area contributed by atoms with Crippen molar-refractivity contribution in [3.05, 3.63) is 47.2 Å². The number of thiophene rings is 1. The van der Waals surface area contributed by atoms with Crippen LogP contribution in [-0.2, 0) is 13.0 Å². The number of nitrogens with one attached hydrogen (secondary N) is 1. The molecule has 22 heavy (non-hydrogen) atoms. The van der Waals surface area contributed by atoms with E-state index in [1.54, 1.807) is 23.6 Å². The number of carbonyl (C=O) groups excluding carboxylic acids is 1. The van der Waals surface area contributed by atoms with E-state index in [1.165, 1.54) is 0 Å². The Bertz CT molecular complexity index is 790. The fourth-order valence-corrected chi connectivity index (χ4v) is 3.34. The Morgan fingerprint density at radius 1 is 1.45 bits per heavy atom. The van der Waals surface area contributed by atoms with Crippen LogP contribution in [0.5, 0.6) is 0 Å². The fourth-order valence-electron chi connectivity index (χ4n) is 2.67. The molecule has 0 radical (unpaired) electrons. The normalized spacial score (nSPS) is 17.2. The monoisotopic (exact) mass is 314 g/mol. The highest BCUT2D eigenvalue weighted by atomic mass is 32.1. The molecule has 1 aliphatic rings. The van der Waals surface area contributed by atoms with Gasteiger partial charge in [-0.15, -0.1) is 11.3 Å². The summed E-state index contributed by atoms with van der Waals surface area (Å²) in [5.41, 5.74) is 1.47. The number of aryl methyl sites for hydroxylation is 1. The number of nitrogens with zero attached hydrogens (tertiary/aromatic N) is 3. The van der Waals surface area contributed by atoms with Crippen molar-refractivity contribution >= 4 is 17.2 Å². The van der Waals surface area contributed by atoms with Gasteiger partial charge in [0.15, 0.2) is 11.5 Å². The van der Waals surface area contributed by atoms with Crippen molar-refractivity contribution in [2.75, 3.05) is 0 Å². The van der Waals surface area contributed by atoms with Gasteiger partial charge in [-0.3, -0.25) is 9.48 Å².